The zero-order valence-electron chi connectivity index (χ0n) is 13.8. The first-order valence-corrected chi connectivity index (χ1v) is 8.07. The van der Waals surface area contributed by atoms with Gasteiger partial charge in [0.1, 0.15) is 6.04 Å². The molecule has 0 aromatic rings. The monoisotopic (exact) mass is 298 g/mol. The van der Waals surface area contributed by atoms with Crippen molar-refractivity contribution in [2.24, 2.45) is 11.8 Å². The van der Waals surface area contributed by atoms with E-state index in [9.17, 15) is 14.7 Å². The smallest absolute Gasteiger partial charge is 0.321 e. The lowest BCUT2D eigenvalue weighted by Gasteiger charge is -2.36. The van der Waals surface area contributed by atoms with Crippen molar-refractivity contribution in [3.63, 3.8) is 0 Å². The molecule has 21 heavy (non-hydrogen) atoms. The third-order valence-corrected chi connectivity index (χ3v) is 4.22. The number of aliphatic carboxylic acids is 1. The first-order valence-electron chi connectivity index (χ1n) is 8.07. The van der Waals surface area contributed by atoms with E-state index < -0.39 is 12.0 Å². The van der Waals surface area contributed by atoms with E-state index in [1.165, 1.54) is 0 Å². The summed E-state index contributed by atoms with van der Waals surface area (Å²) in [7, 11) is 0. The maximum absolute atomic E-state index is 12.1. The van der Waals surface area contributed by atoms with Crippen molar-refractivity contribution >= 4 is 11.9 Å². The first-order chi connectivity index (χ1) is 9.81. The van der Waals surface area contributed by atoms with Crippen molar-refractivity contribution in [1.29, 1.82) is 0 Å². The average molecular weight is 298 g/mol. The highest BCUT2D eigenvalue weighted by Crippen LogP contribution is 2.23. The van der Waals surface area contributed by atoms with Crippen LogP contribution in [0.25, 0.3) is 0 Å². The number of nitrogens with zero attached hydrogens (tertiary/aromatic N) is 1. The van der Waals surface area contributed by atoms with Gasteiger partial charge in [0.05, 0.1) is 6.54 Å². The highest BCUT2D eigenvalue weighted by molar-refractivity contribution is 5.80. The zero-order valence-corrected chi connectivity index (χ0v) is 13.8. The first kappa shape index (κ1) is 18.0. The normalized spacial score (nSPS) is 24.8. The molecule has 0 aromatic carbocycles. The number of carboxylic acid groups (broad SMARTS) is 1. The summed E-state index contributed by atoms with van der Waals surface area (Å²) in [5, 5.41) is 12.3. The molecule has 1 aliphatic rings. The lowest BCUT2D eigenvalue weighted by molar-refractivity contribution is -0.147. The molecule has 1 amide bonds. The van der Waals surface area contributed by atoms with Gasteiger partial charge in [-0.1, -0.05) is 20.8 Å². The Balaban J connectivity index is 2.46. The van der Waals surface area contributed by atoms with Crippen molar-refractivity contribution in [3.05, 3.63) is 0 Å². The van der Waals surface area contributed by atoms with Gasteiger partial charge in [0, 0.05) is 6.04 Å². The topological polar surface area (TPSA) is 69.6 Å². The molecule has 1 rings (SSSR count). The Morgan fingerprint density at radius 1 is 1.29 bits per heavy atom. The minimum atomic E-state index is -0.817. The molecular formula is C16H30N2O3. The molecule has 3 atom stereocenters. The van der Waals surface area contributed by atoms with Gasteiger partial charge in [-0.25, -0.2) is 0 Å². The highest BCUT2D eigenvalue weighted by Gasteiger charge is 2.35. The van der Waals surface area contributed by atoms with Crippen LogP contribution in [0.3, 0.4) is 0 Å². The number of carbonyl (C=O) groups excluding carboxylic acids is 1. The van der Waals surface area contributed by atoms with Gasteiger partial charge in [0.25, 0.3) is 0 Å². The van der Waals surface area contributed by atoms with Crippen LogP contribution in [0.4, 0.5) is 0 Å². The van der Waals surface area contributed by atoms with Gasteiger partial charge < -0.3 is 10.4 Å². The quantitative estimate of drug-likeness (QED) is 0.755. The van der Waals surface area contributed by atoms with Gasteiger partial charge in [-0.15, -0.1) is 0 Å². The number of carbonyl (C=O) groups is 2. The summed E-state index contributed by atoms with van der Waals surface area (Å²) in [6.07, 6.45) is 3.92. The zero-order chi connectivity index (χ0) is 16.0. The van der Waals surface area contributed by atoms with E-state index in [4.69, 9.17) is 0 Å². The summed E-state index contributed by atoms with van der Waals surface area (Å²) >= 11 is 0. The lowest BCUT2D eigenvalue weighted by atomic mass is 9.91. The summed E-state index contributed by atoms with van der Waals surface area (Å²) in [6, 6.07) is -0.388. The van der Waals surface area contributed by atoms with Crippen LogP contribution in [0.5, 0.6) is 0 Å². The van der Waals surface area contributed by atoms with E-state index >= 15 is 0 Å². The van der Waals surface area contributed by atoms with Crippen molar-refractivity contribution in [2.75, 3.05) is 13.1 Å². The molecule has 1 saturated heterocycles. The molecule has 0 aliphatic carbocycles. The standard InChI is InChI=1S/C16H30N2O3/c1-11(2)7-8-13(4)17-14(19)10-18-9-5-6-12(3)15(18)16(20)21/h11-13,15H,5-10H2,1-4H3,(H,17,19)(H,20,21). The molecule has 3 unspecified atom stereocenters. The Hall–Kier alpha value is -1.10. The fourth-order valence-electron chi connectivity index (χ4n) is 3.01. The molecule has 0 bridgehead atoms. The van der Waals surface area contributed by atoms with Crippen LogP contribution in [0.15, 0.2) is 0 Å². The molecule has 5 nitrogen and oxygen atoms in total. The molecule has 0 saturated carbocycles. The molecule has 5 heteroatoms. The number of piperidine rings is 1. The fraction of sp³-hybridized carbons (Fsp3) is 0.875. The number of carboxylic acids is 1. The summed E-state index contributed by atoms with van der Waals surface area (Å²) in [6.45, 7) is 9.17. The van der Waals surface area contributed by atoms with Crippen LogP contribution in [-0.2, 0) is 9.59 Å². The predicted octanol–water partition coefficient (Wildman–Crippen LogP) is 2.11. The third-order valence-electron chi connectivity index (χ3n) is 4.22. The van der Waals surface area contributed by atoms with Gasteiger partial charge in [-0.05, 0) is 51.0 Å². The van der Waals surface area contributed by atoms with E-state index in [1.54, 1.807) is 4.90 Å². The van der Waals surface area contributed by atoms with Crippen molar-refractivity contribution in [3.8, 4) is 0 Å². The fourth-order valence-corrected chi connectivity index (χ4v) is 3.01. The summed E-state index contributed by atoms with van der Waals surface area (Å²) in [5.41, 5.74) is 0. The van der Waals surface area contributed by atoms with Gasteiger partial charge in [-0.2, -0.15) is 0 Å². The van der Waals surface area contributed by atoms with Gasteiger partial charge in [0.15, 0.2) is 0 Å². The Labute approximate surface area is 128 Å². The molecule has 0 spiro atoms. The minimum Gasteiger partial charge on any atom is -0.480 e. The maximum atomic E-state index is 12.1. The van der Waals surface area contributed by atoms with Crippen LogP contribution < -0.4 is 5.32 Å². The molecule has 1 fully saturated rings. The summed E-state index contributed by atoms with van der Waals surface area (Å²) in [5.74, 6) is -0.152. The SMILES string of the molecule is CC(C)CCC(C)NC(=O)CN1CCCC(C)C1C(=O)O. The van der Waals surface area contributed by atoms with Crippen LogP contribution >= 0.6 is 0 Å². The van der Waals surface area contributed by atoms with Crippen molar-refractivity contribution < 1.29 is 14.7 Å². The average Bonchev–Trinajstić information content (AvgIpc) is 2.35. The van der Waals surface area contributed by atoms with Crippen LogP contribution in [0.1, 0.15) is 53.4 Å². The number of likely N-dealkylation sites (tertiary alicyclic amines) is 1. The van der Waals surface area contributed by atoms with E-state index in [0.717, 1.165) is 25.7 Å². The minimum absolute atomic E-state index is 0.0633. The Morgan fingerprint density at radius 2 is 1.95 bits per heavy atom. The Bertz CT molecular complexity index is 357. The van der Waals surface area contributed by atoms with Crippen LogP contribution in [0.2, 0.25) is 0 Å². The second-order valence-electron chi connectivity index (χ2n) is 6.81. The van der Waals surface area contributed by atoms with E-state index in [1.807, 2.05) is 13.8 Å². The predicted molar refractivity (Wildman–Crippen MR) is 83.1 cm³/mol. The molecule has 1 heterocycles. The number of nitrogens with one attached hydrogen (secondary N) is 1. The second kappa shape index (κ2) is 8.37. The van der Waals surface area contributed by atoms with Crippen molar-refractivity contribution in [1.82, 2.24) is 10.2 Å². The molecular weight excluding hydrogens is 268 g/mol. The summed E-state index contributed by atoms with van der Waals surface area (Å²) < 4.78 is 0. The van der Waals surface area contributed by atoms with Gasteiger partial charge >= 0.3 is 5.97 Å². The van der Waals surface area contributed by atoms with Gasteiger partial charge in [-0.3, -0.25) is 14.5 Å². The number of amides is 1. The van der Waals surface area contributed by atoms with E-state index in [2.05, 4.69) is 19.2 Å². The maximum Gasteiger partial charge on any atom is 0.321 e. The van der Waals surface area contributed by atoms with E-state index in [0.29, 0.717) is 12.5 Å². The van der Waals surface area contributed by atoms with Crippen LogP contribution in [0, 0.1) is 11.8 Å². The summed E-state index contributed by atoms with van der Waals surface area (Å²) in [4.78, 5) is 25.3. The number of hydrogen-bond acceptors (Lipinski definition) is 3. The molecule has 0 aromatic heterocycles. The lowest BCUT2D eigenvalue weighted by Crippen LogP contribution is -2.53. The number of hydrogen-bond donors (Lipinski definition) is 2. The van der Waals surface area contributed by atoms with Crippen molar-refractivity contribution in [2.45, 2.75) is 65.5 Å². The molecule has 0 radical (unpaired) electrons. The Kier molecular flexibility index (Phi) is 7.15. The highest BCUT2D eigenvalue weighted by atomic mass is 16.4. The number of rotatable bonds is 7. The molecule has 122 valence electrons. The third kappa shape index (κ3) is 6.04. The molecule has 2 N–H and O–H groups in total. The van der Waals surface area contributed by atoms with Crippen LogP contribution in [-0.4, -0.2) is 47.1 Å². The largest absolute Gasteiger partial charge is 0.480 e. The van der Waals surface area contributed by atoms with Gasteiger partial charge in [0.2, 0.25) is 5.91 Å². The molecule has 1 aliphatic heterocycles. The second-order valence-corrected chi connectivity index (χ2v) is 6.81. The Morgan fingerprint density at radius 3 is 2.52 bits per heavy atom. The van der Waals surface area contributed by atoms with E-state index in [-0.39, 0.29) is 24.4 Å².